The second kappa shape index (κ2) is 8.06. The molecule has 1 amide bonds. The third kappa shape index (κ3) is 3.92. The van der Waals surface area contributed by atoms with Crippen LogP contribution in [0.2, 0.25) is 0 Å². The molecule has 156 valence electrons. The van der Waals surface area contributed by atoms with Crippen molar-refractivity contribution in [1.82, 2.24) is 9.55 Å². The monoisotopic (exact) mass is 423 g/mol. The Bertz CT molecular complexity index is 1360. The summed E-state index contributed by atoms with van der Waals surface area (Å²) in [6.07, 6.45) is 2.86. The lowest BCUT2D eigenvalue weighted by atomic mass is 10.1. The van der Waals surface area contributed by atoms with Crippen molar-refractivity contribution < 1.29 is 18.0 Å². The molecule has 0 radical (unpaired) electrons. The first-order valence-electron chi connectivity index (χ1n) is 9.35. The molecule has 0 bridgehead atoms. The lowest BCUT2D eigenvalue weighted by molar-refractivity contribution is -0.115. The predicted octanol–water partition coefficient (Wildman–Crippen LogP) is 4.29. The molecule has 31 heavy (non-hydrogen) atoms. The van der Waals surface area contributed by atoms with Crippen molar-refractivity contribution >= 4 is 22.4 Å². The van der Waals surface area contributed by atoms with E-state index >= 15 is 0 Å². The fraction of sp³-hybridized carbons (Fsp3) is 0.0870. The lowest BCUT2D eigenvalue weighted by Crippen LogP contribution is -2.20. The van der Waals surface area contributed by atoms with Gasteiger partial charge in [0.25, 0.3) is 5.56 Å². The number of nitrogens with one attached hydrogen (secondary N) is 1. The Morgan fingerprint density at radius 1 is 1.03 bits per heavy atom. The van der Waals surface area contributed by atoms with Crippen LogP contribution in [0.5, 0.6) is 0 Å². The summed E-state index contributed by atoms with van der Waals surface area (Å²) in [6.45, 7) is 1.80. The summed E-state index contributed by atoms with van der Waals surface area (Å²) in [5.41, 5.74) is 1.41. The van der Waals surface area contributed by atoms with Crippen LogP contribution in [-0.2, 0) is 11.2 Å². The highest BCUT2D eigenvalue weighted by molar-refractivity contribution is 6.02. The highest BCUT2D eigenvalue weighted by atomic mass is 19.2. The molecule has 8 heteroatoms. The number of pyridine rings is 2. The number of benzene rings is 2. The van der Waals surface area contributed by atoms with Crippen LogP contribution >= 0.6 is 0 Å². The first kappa shape index (κ1) is 20.3. The Balaban J connectivity index is 1.66. The standard InChI is InChI=1S/C23H16F3N3O2/c1-13-20(6-3-8-27-13)29-9-7-15-16(23(29)31)4-2-5-19(15)28-21(30)12-14-10-17(24)22(26)18(25)11-14/h2-11H,12H2,1H3,(H,28,30). The summed E-state index contributed by atoms with van der Waals surface area (Å²) in [7, 11) is 0. The van der Waals surface area contributed by atoms with Crippen LogP contribution in [0.15, 0.2) is 65.7 Å². The zero-order chi connectivity index (χ0) is 22.1. The third-order valence-electron chi connectivity index (χ3n) is 4.87. The van der Waals surface area contributed by atoms with E-state index in [1.165, 1.54) is 4.57 Å². The molecular weight excluding hydrogens is 407 g/mol. The minimum atomic E-state index is -1.58. The molecule has 4 rings (SSSR count). The van der Waals surface area contributed by atoms with Crippen molar-refractivity contribution in [3.05, 3.63) is 100.0 Å². The van der Waals surface area contributed by atoms with Crippen molar-refractivity contribution in [2.45, 2.75) is 13.3 Å². The van der Waals surface area contributed by atoms with Crippen LogP contribution in [0.25, 0.3) is 16.5 Å². The Hall–Kier alpha value is -3.94. The van der Waals surface area contributed by atoms with Gasteiger partial charge in [0.1, 0.15) is 0 Å². The first-order chi connectivity index (χ1) is 14.8. The minimum absolute atomic E-state index is 0.0106. The number of carbonyl (C=O) groups excluding carboxylic acids is 1. The van der Waals surface area contributed by atoms with E-state index in [4.69, 9.17) is 0 Å². The number of nitrogens with zero attached hydrogens (tertiary/aromatic N) is 2. The molecule has 2 heterocycles. The number of hydrogen-bond donors (Lipinski definition) is 1. The van der Waals surface area contributed by atoms with Crippen molar-refractivity contribution in [2.75, 3.05) is 5.32 Å². The zero-order valence-corrected chi connectivity index (χ0v) is 16.3. The van der Waals surface area contributed by atoms with Crippen LogP contribution in [0.1, 0.15) is 11.3 Å². The topological polar surface area (TPSA) is 64.0 Å². The number of fused-ring (bicyclic) bond motifs is 1. The van der Waals surface area contributed by atoms with Crippen LogP contribution in [0.4, 0.5) is 18.9 Å². The maximum atomic E-state index is 13.4. The normalized spacial score (nSPS) is 11.0. The number of anilines is 1. The van der Waals surface area contributed by atoms with Gasteiger partial charge in [0.15, 0.2) is 17.5 Å². The average Bonchev–Trinajstić information content (AvgIpc) is 2.73. The number of amides is 1. The molecule has 0 aliphatic heterocycles. The Labute approximate surface area is 174 Å². The van der Waals surface area contributed by atoms with Gasteiger partial charge in [-0.3, -0.25) is 19.1 Å². The summed E-state index contributed by atoms with van der Waals surface area (Å²) >= 11 is 0. The Morgan fingerprint density at radius 3 is 2.48 bits per heavy atom. The van der Waals surface area contributed by atoms with Crippen LogP contribution in [0, 0.1) is 24.4 Å². The summed E-state index contributed by atoms with van der Waals surface area (Å²) in [6, 6.07) is 11.6. The highest BCUT2D eigenvalue weighted by Gasteiger charge is 2.15. The molecule has 0 saturated carbocycles. The van der Waals surface area contributed by atoms with Gasteiger partial charge in [-0.1, -0.05) is 6.07 Å². The van der Waals surface area contributed by atoms with Gasteiger partial charge in [-0.25, -0.2) is 13.2 Å². The summed E-state index contributed by atoms with van der Waals surface area (Å²) in [5.74, 6) is -4.87. The molecule has 0 fully saturated rings. The molecule has 2 aromatic heterocycles. The predicted molar refractivity (Wildman–Crippen MR) is 111 cm³/mol. The highest BCUT2D eigenvalue weighted by Crippen LogP contribution is 2.22. The van der Waals surface area contributed by atoms with E-state index in [1.54, 1.807) is 55.7 Å². The molecule has 0 unspecified atom stereocenters. The van der Waals surface area contributed by atoms with E-state index in [0.717, 1.165) is 12.1 Å². The lowest BCUT2D eigenvalue weighted by Gasteiger charge is -2.12. The SMILES string of the molecule is Cc1ncccc1-n1ccc2c(NC(=O)Cc3cc(F)c(F)c(F)c3)cccc2c1=O. The van der Waals surface area contributed by atoms with E-state index in [2.05, 4.69) is 10.3 Å². The molecule has 1 N–H and O–H groups in total. The largest absolute Gasteiger partial charge is 0.325 e. The average molecular weight is 423 g/mol. The third-order valence-corrected chi connectivity index (χ3v) is 4.87. The van der Waals surface area contributed by atoms with Crippen molar-refractivity contribution in [1.29, 1.82) is 0 Å². The zero-order valence-electron chi connectivity index (χ0n) is 16.3. The van der Waals surface area contributed by atoms with E-state index < -0.39 is 23.4 Å². The van der Waals surface area contributed by atoms with Gasteiger partial charge in [0.2, 0.25) is 5.91 Å². The second-order valence-electron chi connectivity index (χ2n) is 6.96. The van der Waals surface area contributed by atoms with Crippen molar-refractivity contribution in [3.8, 4) is 5.69 Å². The van der Waals surface area contributed by atoms with Gasteiger partial charge < -0.3 is 5.32 Å². The van der Waals surface area contributed by atoms with Gasteiger partial charge in [0.05, 0.1) is 17.8 Å². The van der Waals surface area contributed by atoms with Crippen LogP contribution in [0.3, 0.4) is 0 Å². The maximum absolute atomic E-state index is 13.4. The molecule has 5 nitrogen and oxygen atoms in total. The number of carbonyl (C=O) groups is 1. The fourth-order valence-corrected chi connectivity index (χ4v) is 3.40. The number of aryl methyl sites for hydroxylation is 1. The number of halogens is 3. The number of rotatable bonds is 4. The number of aromatic nitrogens is 2. The smallest absolute Gasteiger partial charge is 0.263 e. The fourth-order valence-electron chi connectivity index (χ4n) is 3.40. The van der Waals surface area contributed by atoms with Crippen LogP contribution < -0.4 is 10.9 Å². The van der Waals surface area contributed by atoms with E-state index in [0.29, 0.717) is 27.8 Å². The van der Waals surface area contributed by atoms with Gasteiger partial charge in [0, 0.05) is 28.9 Å². The molecular formula is C23H16F3N3O2. The van der Waals surface area contributed by atoms with Crippen molar-refractivity contribution in [3.63, 3.8) is 0 Å². The van der Waals surface area contributed by atoms with E-state index in [9.17, 15) is 22.8 Å². The summed E-state index contributed by atoms with van der Waals surface area (Å²) < 4.78 is 41.4. The second-order valence-corrected chi connectivity index (χ2v) is 6.96. The molecule has 0 atom stereocenters. The van der Waals surface area contributed by atoms with E-state index in [1.807, 2.05) is 0 Å². The molecule has 4 aromatic rings. The molecule has 0 aliphatic carbocycles. The Kier molecular flexibility index (Phi) is 5.29. The van der Waals surface area contributed by atoms with Gasteiger partial charge >= 0.3 is 0 Å². The van der Waals surface area contributed by atoms with Gasteiger partial charge in [-0.05, 0) is 55.0 Å². The molecule has 0 spiro atoms. The van der Waals surface area contributed by atoms with Crippen molar-refractivity contribution in [2.24, 2.45) is 0 Å². The van der Waals surface area contributed by atoms with Gasteiger partial charge in [-0.15, -0.1) is 0 Å². The van der Waals surface area contributed by atoms with Gasteiger partial charge in [-0.2, -0.15) is 0 Å². The maximum Gasteiger partial charge on any atom is 0.263 e. The van der Waals surface area contributed by atoms with Crippen LogP contribution in [-0.4, -0.2) is 15.5 Å². The summed E-state index contributed by atoms with van der Waals surface area (Å²) in [4.78, 5) is 29.6. The first-order valence-corrected chi connectivity index (χ1v) is 9.35. The molecule has 0 aliphatic rings. The minimum Gasteiger partial charge on any atom is -0.325 e. The molecule has 2 aromatic carbocycles. The quantitative estimate of drug-likeness (QED) is 0.498. The Morgan fingerprint density at radius 2 is 1.77 bits per heavy atom. The van der Waals surface area contributed by atoms with E-state index in [-0.39, 0.29) is 17.5 Å². The number of hydrogen-bond acceptors (Lipinski definition) is 3. The molecule has 0 saturated heterocycles. The summed E-state index contributed by atoms with van der Waals surface area (Å²) in [5, 5.41) is 3.53.